The van der Waals surface area contributed by atoms with E-state index in [9.17, 15) is 4.79 Å². The number of methoxy groups -OCH3 is 2. The van der Waals surface area contributed by atoms with Gasteiger partial charge in [-0.1, -0.05) is 60.7 Å². The molecule has 0 unspecified atom stereocenters. The highest BCUT2D eigenvalue weighted by Crippen LogP contribution is 2.37. The standard InChI is InChI=1S/C21H23NO4.C16H15NO2/c1-21(2,3)26-20(23)22-13-12-16-17(22)10-11-18(19(16)24-4)25-14-15-8-6-5-7-9-15;1-18-16-13-9-10-17-14(13)7-8-15(16)19-11-12-5-3-2-4-6-12/h5-13H,14H2,1-4H3;2-10,17H,11H2,1H3. The van der Waals surface area contributed by atoms with Crippen LogP contribution in [-0.2, 0) is 18.0 Å². The minimum absolute atomic E-state index is 0.424. The molecule has 0 spiro atoms. The van der Waals surface area contributed by atoms with Gasteiger partial charge in [0.25, 0.3) is 0 Å². The molecule has 8 heteroatoms. The maximum Gasteiger partial charge on any atom is 0.418 e. The summed E-state index contributed by atoms with van der Waals surface area (Å²) >= 11 is 0. The number of rotatable bonds is 8. The summed E-state index contributed by atoms with van der Waals surface area (Å²) in [4.78, 5) is 15.6. The van der Waals surface area contributed by atoms with Gasteiger partial charge in [-0.05, 0) is 68.3 Å². The van der Waals surface area contributed by atoms with Crippen molar-refractivity contribution in [2.45, 2.75) is 39.6 Å². The summed E-state index contributed by atoms with van der Waals surface area (Å²) < 4.78 is 29.7. The van der Waals surface area contributed by atoms with Crippen LogP contribution in [0, 0.1) is 0 Å². The molecule has 232 valence electrons. The molecule has 8 nitrogen and oxygen atoms in total. The molecule has 0 aliphatic heterocycles. The van der Waals surface area contributed by atoms with Crippen LogP contribution < -0.4 is 18.9 Å². The van der Waals surface area contributed by atoms with Gasteiger partial charge in [-0.3, -0.25) is 4.57 Å². The largest absolute Gasteiger partial charge is 0.492 e. The number of carbonyl (C=O) groups excluding carboxylic acids is 1. The minimum Gasteiger partial charge on any atom is -0.492 e. The number of nitrogens with zero attached hydrogens (tertiary/aromatic N) is 1. The predicted octanol–water partition coefficient (Wildman–Crippen LogP) is 8.77. The Labute approximate surface area is 263 Å². The number of carbonyl (C=O) groups is 1. The maximum absolute atomic E-state index is 12.4. The molecule has 4 aromatic carbocycles. The molecule has 0 radical (unpaired) electrons. The van der Waals surface area contributed by atoms with E-state index in [1.807, 2.05) is 124 Å². The molecule has 0 saturated heterocycles. The second kappa shape index (κ2) is 13.9. The molecular weight excluding hydrogens is 568 g/mol. The minimum atomic E-state index is -0.559. The van der Waals surface area contributed by atoms with Crippen LogP contribution in [0.4, 0.5) is 4.79 Å². The van der Waals surface area contributed by atoms with Gasteiger partial charge in [-0.25, -0.2) is 4.79 Å². The third-order valence-corrected chi connectivity index (χ3v) is 6.91. The smallest absolute Gasteiger partial charge is 0.418 e. The van der Waals surface area contributed by atoms with Crippen LogP contribution in [-0.4, -0.2) is 35.5 Å². The molecule has 0 amide bonds. The zero-order valence-corrected chi connectivity index (χ0v) is 26.2. The average Bonchev–Trinajstić information content (AvgIpc) is 3.70. The molecule has 0 aliphatic carbocycles. The zero-order valence-electron chi connectivity index (χ0n) is 26.2. The Hall–Kier alpha value is -5.37. The van der Waals surface area contributed by atoms with Crippen molar-refractivity contribution < 1.29 is 28.5 Å². The fraction of sp³-hybridized carbons (Fsp3) is 0.216. The van der Waals surface area contributed by atoms with E-state index >= 15 is 0 Å². The van der Waals surface area contributed by atoms with Crippen LogP contribution in [0.15, 0.2) is 109 Å². The van der Waals surface area contributed by atoms with Crippen molar-refractivity contribution in [1.29, 1.82) is 0 Å². The topological polar surface area (TPSA) is 83.9 Å². The molecule has 0 aliphatic rings. The van der Waals surface area contributed by atoms with Crippen LogP contribution in [0.5, 0.6) is 23.0 Å². The number of benzene rings is 4. The van der Waals surface area contributed by atoms with Crippen LogP contribution in [0.2, 0.25) is 0 Å². The second-order valence-corrected chi connectivity index (χ2v) is 11.3. The molecule has 6 rings (SSSR count). The van der Waals surface area contributed by atoms with Gasteiger partial charge in [0.2, 0.25) is 0 Å². The van der Waals surface area contributed by atoms with Crippen molar-refractivity contribution in [3.05, 3.63) is 121 Å². The van der Waals surface area contributed by atoms with E-state index in [0.717, 1.165) is 38.9 Å². The number of fused-ring (bicyclic) bond motifs is 2. The lowest BCUT2D eigenvalue weighted by Gasteiger charge is -2.20. The van der Waals surface area contributed by atoms with Crippen molar-refractivity contribution >= 4 is 27.9 Å². The van der Waals surface area contributed by atoms with E-state index in [-0.39, 0.29) is 0 Å². The van der Waals surface area contributed by atoms with Crippen molar-refractivity contribution in [3.63, 3.8) is 0 Å². The van der Waals surface area contributed by atoms with Crippen LogP contribution in [0.3, 0.4) is 0 Å². The SMILES string of the molecule is COc1c(OCc2ccccc2)ccc2[nH]ccc12.COc1c(OCc2ccccc2)ccc2c1ccn2C(=O)OC(C)(C)C. The first kappa shape index (κ1) is 31.1. The fourth-order valence-electron chi connectivity index (χ4n) is 4.84. The van der Waals surface area contributed by atoms with Gasteiger partial charge < -0.3 is 28.7 Å². The maximum atomic E-state index is 12.4. The number of H-pyrrole nitrogens is 1. The van der Waals surface area contributed by atoms with Gasteiger partial charge in [-0.2, -0.15) is 0 Å². The van der Waals surface area contributed by atoms with Crippen LogP contribution in [0.25, 0.3) is 21.8 Å². The summed E-state index contributed by atoms with van der Waals surface area (Å²) in [5.41, 5.74) is 3.41. The van der Waals surface area contributed by atoms with E-state index in [4.69, 9.17) is 23.7 Å². The highest BCUT2D eigenvalue weighted by molar-refractivity contribution is 5.95. The number of nitrogens with one attached hydrogen (secondary N) is 1. The number of hydrogen-bond donors (Lipinski definition) is 1. The Morgan fingerprint density at radius 2 is 1.24 bits per heavy atom. The molecule has 1 N–H and O–H groups in total. The lowest BCUT2D eigenvalue weighted by atomic mass is 10.2. The molecule has 0 atom stereocenters. The molecule has 0 bridgehead atoms. The quantitative estimate of drug-likeness (QED) is 0.186. The lowest BCUT2D eigenvalue weighted by Crippen LogP contribution is -2.26. The van der Waals surface area contributed by atoms with Gasteiger partial charge in [0, 0.05) is 28.7 Å². The highest BCUT2D eigenvalue weighted by Gasteiger charge is 2.21. The van der Waals surface area contributed by atoms with Gasteiger partial charge in [0.1, 0.15) is 18.8 Å². The molecular formula is C37H38N2O6. The van der Waals surface area contributed by atoms with Gasteiger partial charge >= 0.3 is 6.09 Å². The van der Waals surface area contributed by atoms with E-state index in [1.54, 1.807) is 20.4 Å². The van der Waals surface area contributed by atoms with E-state index in [0.29, 0.717) is 30.2 Å². The number of aromatic nitrogens is 2. The summed E-state index contributed by atoms with van der Waals surface area (Å²) in [6.45, 7) is 6.49. The van der Waals surface area contributed by atoms with Gasteiger partial charge in [0.05, 0.1) is 19.7 Å². The number of aromatic amines is 1. The summed E-state index contributed by atoms with van der Waals surface area (Å²) in [5.74, 6) is 2.76. The fourth-order valence-corrected chi connectivity index (χ4v) is 4.84. The first-order valence-electron chi connectivity index (χ1n) is 14.7. The Bertz CT molecular complexity index is 1850. The Morgan fingerprint density at radius 1 is 0.689 bits per heavy atom. The monoisotopic (exact) mass is 606 g/mol. The molecule has 0 saturated carbocycles. The molecule has 45 heavy (non-hydrogen) atoms. The Balaban J connectivity index is 0.000000186. The molecule has 6 aromatic rings. The summed E-state index contributed by atoms with van der Waals surface area (Å²) in [6, 6.07) is 31.4. The van der Waals surface area contributed by atoms with Crippen molar-refractivity contribution in [2.75, 3.05) is 14.2 Å². The van der Waals surface area contributed by atoms with Crippen molar-refractivity contribution in [3.8, 4) is 23.0 Å². The normalized spacial score (nSPS) is 11.0. The average molecular weight is 607 g/mol. The summed E-state index contributed by atoms with van der Waals surface area (Å²) in [6.07, 6.45) is 3.16. The van der Waals surface area contributed by atoms with E-state index in [2.05, 4.69) is 4.98 Å². The summed E-state index contributed by atoms with van der Waals surface area (Å²) in [5, 5.41) is 1.83. The van der Waals surface area contributed by atoms with Gasteiger partial charge in [-0.15, -0.1) is 0 Å². The number of ether oxygens (including phenoxy) is 5. The zero-order chi connectivity index (χ0) is 31.8. The van der Waals surface area contributed by atoms with Crippen molar-refractivity contribution in [2.24, 2.45) is 0 Å². The third-order valence-electron chi connectivity index (χ3n) is 6.91. The second-order valence-electron chi connectivity index (χ2n) is 11.3. The van der Waals surface area contributed by atoms with E-state index < -0.39 is 11.7 Å². The third kappa shape index (κ3) is 7.59. The number of hydrogen-bond acceptors (Lipinski definition) is 6. The van der Waals surface area contributed by atoms with Crippen LogP contribution >= 0.6 is 0 Å². The summed E-state index contributed by atoms with van der Waals surface area (Å²) in [7, 11) is 3.26. The Morgan fingerprint density at radius 3 is 1.80 bits per heavy atom. The van der Waals surface area contributed by atoms with Gasteiger partial charge in [0.15, 0.2) is 23.0 Å². The van der Waals surface area contributed by atoms with Crippen LogP contribution in [0.1, 0.15) is 31.9 Å². The Kier molecular flexibility index (Phi) is 9.63. The molecule has 2 heterocycles. The first-order valence-corrected chi connectivity index (χ1v) is 14.7. The van der Waals surface area contributed by atoms with E-state index in [1.165, 1.54) is 4.57 Å². The molecule has 0 fully saturated rings. The predicted molar refractivity (Wildman–Crippen MR) is 177 cm³/mol. The first-order chi connectivity index (χ1) is 21.8. The highest BCUT2D eigenvalue weighted by atomic mass is 16.6. The van der Waals surface area contributed by atoms with Crippen molar-refractivity contribution in [1.82, 2.24) is 9.55 Å². The lowest BCUT2D eigenvalue weighted by molar-refractivity contribution is 0.0544. The molecule has 2 aromatic heterocycles.